The molecule has 1 aliphatic carbocycles. The third-order valence-electron chi connectivity index (χ3n) is 6.10. The molecule has 2 aliphatic rings. The zero-order chi connectivity index (χ0) is 19.0. The maximum absolute atomic E-state index is 13.1. The van der Waals surface area contributed by atoms with Crippen LogP contribution in [0.5, 0.6) is 0 Å². The maximum atomic E-state index is 13.1. The van der Waals surface area contributed by atoms with Crippen molar-refractivity contribution >= 4 is 12.0 Å². The molecule has 0 N–H and O–H groups in total. The number of hydrogen-bond donors (Lipinski definition) is 0. The first-order valence-corrected chi connectivity index (χ1v) is 9.88. The number of nitrogens with zero attached hydrogens (tertiary/aromatic N) is 3. The third kappa shape index (κ3) is 2.95. The van der Waals surface area contributed by atoms with Crippen molar-refractivity contribution in [3.05, 3.63) is 95.3 Å². The quantitative estimate of drug-likeness (QED) is 0.696. The fraction of sp³-hybridized carbons (Fsp3) is 0.250. The molecule has 0 bridgehead atoms. The average molecular weight is 369 g/mol. The zero-order valence-electron chi connectivity index (χ0n) is 15.8. The van der Waals surface area contributed by atoms with Gasteiger partial charge in [-0.15, -0.1) is 0 Å². The summed E-state index contributed by atoms with van der Waals surface area (Å²) in [6.45, 7) is 2.26. The van der Waals surface area contributed by atoms with Crippen molar-refractivity contribution in [2.75, 3.05) is 13.1 Å². The van der Waals surface area contributed by atoms with Gasteiger partial charge in [0.2, 0.25) is 0 Å². The Bertz CT molecular complexity index is 1030. The highest BCUT2D eigenvalue weighted by Gasteiger charge is 2.38. The number of benzene rings is 2. The van der Waals surface area contributed by atoms with Crippen LogP contribution in [0.1, 0.15) is 39.9 Å². The minimum atomic E-state index is 0.106. The van der Waals surface area contributed by atoms with Gasteiger partial charge in [-0.05, 0) is 47.7 Å². The summed E-state index contributed by atoms with van der Waals surface area (Å²) in [5.74, 6) is 0.132. The highest BCUT2D eigenvalue weighted by molar-refractivity contribution is 5.94. The lowest BCUT2D eigenvalue weighted by molar-refractivity contribution is 0.0690. The Kier molecular flexibility index (Phi) is 4.12. The molecule has 1 amide bonds. The fourth-order valence-electron chi connectivity index (χ4n) is 4.55. The van der Waals surface area contributed by atoms with Gasteiger partial charge in [-0.2, -0.15) is 5.10 Å². The monoisotopic (exact) mass is 369 g/mol. The van der Waals surface area contributed by atoms with Gasteiger partial charge in [0.15, 0.2) is 0 Å². The summed E-state index contributed by atoms with van der Waals surface area (Å²) in [6, 6.07) is 18.5. The largest absolute Gasteiger partial charge is 0.339 e. The van der Waals surface area contributed by atoms with Crippen molar-refractivity contribution in [3.8, 4) is 0 Å². The lowest BCUT2D eigenvalue weighted by Gasteiger charge is -2.39. The highest BCUT2D eigenvalue weighted by atomic mass is 16.2. The zero-order valence-corrected chi connectivity index (χ0v) is 15.8. The number of rotatable bonds is 3. The first-order valence-electron chi connectivity index (χ1n) is 9.88. The summed E-state index contributed by atoms with van der Waals surface area (Å²) in [6.07, 6.45) is 10.3. The van der Waals surface area contributed by atoms with Crippen LogP contribution in [-0.4, -0.2) is 33.7 Å². The molecule has 0 radical (unpaired) electrons. The first kappa shape index (κ1) is 17.0. The van der Waals surface area contributed by atoms with Crippen LogP contribution in [0.2, 0.25) is 0 Å². The number of piperidine rings is 1. The minimum Gasteiger partial charge on any atom is -0.339 e. The second kappa shape index (κ2) is 6.79. The molecule has 3 aromatic rings. The molecule has 1 saturated heterocycles. The lowest BCUT2D eigenvalue weighted by atomic mass is 9.74. The van der Waals surface area contributed by atoms with Gasteiger partial charge in [0.25, 0.3) is 5.91 Å². The summed E-state index contributed by atoms with van der Waals surface area (Å²) in [5, 5.41) is 4.25. The molecule has 0 atom stereocenters. The van der Waals surface area contributed by atoms with Crippen molar-refractivity contribution in [3.63, 3.8) is 0 Å². The molecule has 28 heavy (non-hydrogen) atoms. The van der Waals surface area contributed by atoms with Gasteiger partial charge in [-0.3, -0.25) is 9.48 Å². The molecular formula is C24H23N3O. The molecule has 140 valence electrons. The van der Waals surface area contributed by atoms with E-state index in [0.29, 0.717) is 6.54 Å². The number of hydrogen-bond acceptors (Lipinski definition) is 2. The van der Waals surface area contributed by atoms with Crippen LogP contribution < -0.4 is 0 Å². The molecule has 0 unspecified atom stereocenters. The molecule has 1 spiro atoms. The third-order valence-corrected chi connectivity index (χ3v) is 6.10. The Balaban J connectivity index is 1.30. The molecule has 0 saturated carbocycles. The van der Waals surface area contributed by atoms with Crippen molar-refractivity contribution in [2.45, 2.75) is 24.8 Å². The molecule has 2 aromatic carbocycles. The standard InChI is InChI=1S/C24H23N3O/c28-23(21-7-3-5-19(17-21)18-27-14-4-13-25-27)26-15-11-24(12-16-26)10-9-20-6-1-2-8-22(20)24/h1-10,13-14,17H,11-12,15-16,18H2. The number of carbonyl (C=O) groups excluding carboxylic acids is 1. The number of likely N-dealkylation sites (tertiary alicyclic amines) is 1. The van der Waals surface area contributed by atoms with Gasteiger partial charge in [0, 0.05) is 36.5 Å². The SMILES string of the molecule is O=C(c1cccc(Cn2cccn2)c1)N1CCC2(C=Cc3ccccc32)CC1. The van der Waals surface area contributed by atoms with E-state index >= 15 is 0 Å². The van der Waals surface area contributed by atoms with Crippen LogP contribution >= 0.6 is 0 Å². The molecular weight excluding hydrogens is 346 g/mol. The van der Waals surface area contributed by atoms with E-state index < -0.39 is 0 Å². The van der Waals surface area contributed by atoms with E-state index in [1.54, 1.807) is 6.20 Å². The minimum absolute atomic E-state index is 0.106. The molecule has 4 heteroatoms. The van der Waals surface area contributed by atoms with Crippen LogP contribution in [0, 0.1) is 0 Å². The van der Waals surface area contributed by atoms with Crippen LogP contribution in [0.15, 0.2) is 73.1 Å². The van der Waals surface area contributed by atoms with Gasteiger partial charge < -0.3 is 4.90 Å². The summed E-state index contributed by atoms with van der Waals surface area (Å²) >= 11 is 0. The van der Waals surface area contributed by atoms with Gasteiger partial charge in [-0.25, -0.2) is 0 Å². The predicted octanol–water partition coefficient (Wildman–Crippen LogP) is 4.13. The van der Waals surface area contributed by atoms with Crippen molar-refractivity contribution in [1.82, 2.24) is 14.7 Å². The van der Waals surface area contributed by atoms with E-state index in [-0.39, 0.29) is 11.3 Å². The second-order valence-corrected chi connectivity index (χ2v) is 7.77. The van der Waals surface area contributed by atoms with Gasteiger partial charge in [0.05, 0.1) is 6.54 Å². The van der Waals surface area contributed by atoms with Crippen molar-refractivity contribution in [2.24, 2.45) is 0 Å². The Morgan fingerprint density at radius 2 is 1.89 bits per heavy atom. The molecule has 2 heterocycles. The Morgan fingerprint density at radius 1 is 1.04 bits per heavy atom. The smallest absolute Gasteiger partial charge is 0.253 e. The van der Waals surface area contributed by atoms with Gasteiger partial charge in [0.1, 0.15) is 0 Å². The first-order chi connectivity index (χ1) is 13.7. The molecule has 1 fully saturated rings. The van der Waals surface area contributed by atoms with E-state index in [2.05, 4.69) is 41.5 Å². The van der Waals surface area contributed by atoms with Crippen LogP contribution in [0.4, 0.5) is 0 Å². The molecule has 1 aliphatic heterocycles. The molecule has 1 aromatic heterocycles. The van der Waals surface area contributed by atoms with Crippen LogP contribution in [-0.2, 0) is 12.0 Å². The van der Waals surface area contributed by atoms with E-state index in [4.69, 9.17) is 0 Å². The van der Waals surface area contributed by atoms with Crippen LogP contribution in [0.3, 0.4) is 0 Å². The maximum Gasteiger partial charge on any atom is 0.253 e. The number of aromatic nitrogens is 2. The summed E-state index contributed by atoms with van der Waals surface area (Å²) in [4.78, 5) is 15.1. The van der Waals surface area contributed by atoms with E-state index in [1.165, 1.54) is 11.1 Å². The Labute approximate surface area is 165 Å². The fourth-order valence-corrected chi connectivity index (χ4v) is 4.55. The van der Waals surface area contributed by atoms with Crippen molar-refractivity contribution in [1.29, 1.82) is 0 Å². The van der Waals surface area contributed by atoms with E-state index in [9.17, 15) is 4.79 Å². The lowest BCUT2D eigenvalue weighted by Crippen LogP contribution is -2.44. The Hall–Kier alpha value is -3.14. The molecule has 5 rings (SSSR count). The van der Waals surface area contributed by atoms with E-state index in [0.717, 1.165) is 37.1 Å². The number of amides is 1. The summed E-state index contributed by atoms with van der Waals surface area (Å²) < 4.78 is 1.87. The predicted molar refractivity (Wildman–Crippen MR) is 110 cm³/mol. The summed E-state index contributed by atoms with van der Waals surface area (Å²) in [7, 11) is 0. The number of carbonyl (C=O) groups is 1. The van der Waals surface area contributed by atoms with Crippen molar-refractivity contribution < 1.29 is 4.79 Å². The Morgan fingerprint density at radius 3 is 2.71 bits per heavy atom. The topological polar surface area (TPSA) is 38.1 Å². The highest BCUT2D eigenvalue weighted by Crippen LogP contribution is 2.43. The summed E-state index contributed by atoms with van der Waals surface area (Å²) in [5.41, 5.74) is 4.71. The number of allylic oxidation sites excluding steroid dienone is 1. The molecule has 4 nitrogen and oxygen atoms in total. The number of fused-ring (bicyclic) bond motifs is 2. The normalized spacial score (nSPS) is 17.1. The van der Waals surface area contributed by atoms with Crippen LogP contribution in [0.25, 0.3) is 6.08 Å². The average Bonchev–Trinajstić information content (AvgIpc) is 3.37. The van der Waals surface area contributed by atoms with Gasteiger partial charge in [-0.1, -0.05) is 48.6 Å². The van der Waals surface area contributed by atoms with E-state index in [1.807, 2.05) is 46.1 Å². The van der Waals surface area contributed by atoms with Gasteiger partial charge >= 0.3 is 0 Å². The second-order valence-electron chi connectivity index (χ2n) is 7.77.